The van der Waals surface area contributed by atoms with E-state index in [2.05, 4.69) is 33.8 Å². The van der Waals surface area contributed by atoms with Crippen molar-refractivity contribution < 1.29 is 62.5 Å². The number of fused-ring (bicyclic) bond motifs is 3. The van der Waals surface area contributed by atoms with Crippen molar-refractivity contribution in [2.45, 2.75) is 63.2 Å². The Morgan fingerprint density at radius 2 is 1.68 bits per heavy atom. The molecule has 10 N–H and O–H groups in total. The molecule has 26 heteroatoms. The number of aromatic nitrogens is 8. The summed E-state index contributed by atoms with van der Waals surface area (Å²) in [4.78, 5) is 66.6. The molecule has 0 aliphatic carbocycles. The summed E-state index contributed by atoms with van der Waals surface area (Å²) < 4.78 is 46.6. The summed E-state index contributed by atoms with van der Waals surface area (Å²) in [7, 11) is -11.0. The van der Waals surface area contributed by atoms with Gasteiger partial charge in [0, 0.05) is 0 Å². The Balaban J connectivity index is 1.07. The molecule has 1 fully saturated rings. The van der Waals surface area contributed by atoms with Crippen LogP contribution in [0.25, 0.3) is 33.7 Å². The molecule has 0 amide bonds. The van der Waals surface area contributed by atoms with Crippen LogP contribution in [0.1, 0.15) is 17.4 Å². The Morgan fingerprint density at radius 1 is 0.981 bits per heavy atom. The molecular formula is C27H33N9O15P2. The van der Waals surface area contributed by atoms with Gasteiger partial charge in [0.2, 0.25) is 0 Å². The highest BCUT2D eigenvalue weighted by Gasteiger charge is 2.46. The lowest BCUT2D eigenvalue weighted by atomic mass is 10.1. The second-order valence-electron chi connectivity index (χ2n) is 12.1. The number of nitrogens with one attached hydrogen (secondary N) is 1. The Hall–Kier alpha value is -4.13. The van der Waals surface area contributed by atoms with E-state index in [1.54, 1.807) is 26.0 Å². The molecule has 24 nitrogen and oxygen atoms in total. The maximum absolute atomic E-state index is 12.5. The topological polar surface area (TPSA) is 363 Å². The normalized spacial score (nSPS) is 23.3. The predicted molar refractivity (Wildman–Crippen MR) is 177 cm³/mol. The smallest absolute Gasteiger partial charge is 0.388 e. The lowest BCUT2D eigenvalue weighted by Crippen LogP contribution is -2.42. The van der Waals surface area contributed by atoms with E-state index in [-0.39, 0.29) is 34.0 Å². The lowest BCUT2D eigenvalue weighted by molar-refractivity contribution is -0.0794. The molecular weight excluding hydrogens is 752 g/mol. The third kappa shape index (κ3) is 7.91. The molecule has 53 heavy (non-hydrogen) atoms. The van der Waals surface area contributed by atoms with Crippen molar-refractivity contribution in [3.63, 3.8) is 0 Å². The molecule has 2 unspecified atom stereocenters. The van der Waals surface area contributed by atoms with Crippen LogP contribution >= 0.6 is 15.6 Å². The summed E-state index contributed by atoms with van der Waals surface area (Å²) in [5.74, 6) is -0.212. The number of rotatable bonds is 13. The molecule has 9 atom stereocenters. The van der Waals surface area contributed by atoms with E-state index in [9.17, 15) is 54.0 Å². The number of ether oxygens (including phenoxy) is 1. The van der Waals surface area contributed by atoms with Gasteiger partial charge in [0.1, 0.15) is 48.5 Å². The zero-order chi connectivity index (χ0) is 38.6. The van der Waals surface area contributed by atoms with Gasteiger partial charge in [-0.05, 0) is 37.1 Å². The first kappa shape index (κ1) is 38.6. The number of nitrogen functional groups attached to an aromatic ring is 1. The first-order chi connectivity index (χ1) is 24.9. The van der Waals surface area contributed by atoms with Gasteiger partial charge in [-0.15, -0.1) is 0 Å². The van der Waals surface area contributed by atoms with Crippen molar-refractivity contribution in [2.24, 2.45) is 0 Å². The number of hydrogen-bond donors (Lipinski definition) is 9. The van der Waals surface area contributed by atoms with Gasteiger partial charge in [0.25, 0.3) is 5.56 Å². The molecule has 0 radical (unpaired) electrons. The Morgan fingerprint density at radius 3 is 2.42 bits per heavy atom. The number of aliphatic hydroxyl groups excluding tert-OH is 5. The Labute approximate surface area is 295 Å². The van der Waals surface area contributed by atoms with Crippen LogP contribution in [0.15, 0.2) is 34.4 Å². The number of nitrogens with two attached hydrogens (primary N) is 1. The van der Waals surface area contributed by atoms with Crippen LogP contribution in [0.5, 0.6) is 0 Å². The van der Waals surface area contributed by atoms with Crippen LogP contribution in [0.2, 0.25) is 0 Å². The van der Waals surface area contributed by atoms with E-state index in [0.717, 1.165) is 17.5 Å². The fourth-order valence-electron chi connectivity index (χ4n) is 5.55. The Bertz CT molecular complexity index is 2350. The van der Waals surface area contributed by atoms with Gasteiger partial charge in [0.15, 0.2) is 29.2 Å². The van der Waals surface area contributed by atoms with E-state index in [1.165, 1.54) is 15.5 Å². The summed E-state index contributed by atoms with van der Waals surface area (Å²) in [6, 6.07) is 3.29. The summed E-state index contributed by atoms with van der Waals surface area (Å²) in [6.07, 6.45) is -9.93. The van der Waals surface area contributed by atoms with Crippen LogP contribution in [-0.2, 0) is 33.8 Å². The number of nitrogens with zero attached hydrogens (tertiary/aromatic N) is 7. The van der Waals surface area contributed by atoms with Crippen molar-refractivity contribution in [3.8, 4) is 11.5 Å². The highest BCUT2D eigenvalue weighted by molar-refractivity contribution is 7.61. The van der Waals surface area contributed by atoms with E-state index < -0.39 is 89.5 Å². The number of phosphoric ester groups is 2. The van der Waals surface area contributed by atoms with Crippen LogP contribution in [0.3, 0.4) is 0 Å². The standard InChI is InChI=1S/C27H33N9O15P2/c1-10-3-12-13(4-11(10)2)35(24-18(32-12)25(42)34-27(43)33-24)5-14(37)19(39)15(38)6-48-52(44,45)51-53(46,47)49-7-16-20(40)21(41)26(50-16)36-9-31-17-22(28)29-8-30-23(17)36/h3-4,8-9,14-16,19-21,26,37-41H,5-7H2,1-2H3,(H,44,45)(H,46,47)(H2,28,29,30)(H,34,42,43)/t14-,15+,16-,19-,20+,21+,26-/m0/s1. The second-order valence-corrected chi connectivity index (χ2v) is 15.1. The van der Waals surface area contributed by atoms with E-state index in [0.29, 0.717) is 5.52 Å². The van der Waals surface area contributed by atoms with Crippen LogP contribution in [-0.4, -0.2) is 124 Å². The zero-order valence-corrected chi connectivity index (χ0v) is 29.3. The molecule has 3 aromatic rings. The van der Waals surface area contributed by atoms with Crippen molar-refractivity contribution in [1.82, 2.24) is 39.0 Å². The summed E-state index contributed by atoms with van der Waals surface area (Å²) in [6.45, 7) is 0.795. The van der Waals surface area contributed by atoms with E-state index >= 15 is 0 Å². The fraction of sp³-hybridized carbons (Fsp3) is 0.444. The molecule has 1 saturated heterocycles. The van der Waals surface area contributed by atoms with E-state index in [4.69, 9.17) is 15.0 Å². The third-order valence-corrected chi connectivity index (χ3v) is 11.0. The molecule has 0 bridgehead atoms. The first-order valence-electron chi connectivity index (χ1n) is 15.4. The molecule has 286 valence electrons. The van der Waals surface area contributed by atoms with Crippen molar-refractivity contribution in [2.75, 3.05) is 18.9 Å². The Kier molecular flexibility index (Phi) is 10.6. The fourth-order valence-corrected chi connectivity index (χ4v) is 7.65. The van der Waals surface area contributed by atoms with Gasteiger partial charge in [-0.1, -0.05) is 0 Å². The first-order valence-corrected chi connectivity index (χ1v) is 18.4. The number of hydrogen-bond acceptors (Lipinski definition) is 19. The number of aliphatic hydroxyl groups is 5. The maximum Gasteiger partial charge on any atom is 0.481 e. The maximum atomic E-state index is 12.5. The molecule has 6 rings (SSSR count). The highest BCUT2D eigenvalue weighted by Crippen LogP contribution is 2.60. The molecule has 5 heterocycles. The molecule has 3 aliphatic heterocycles. The molecule has 0 spiro atoms. The van der Waals surface area contributed by atoms with Gasteiger partial charge < -0.3 is 50.4 Å². The van der Waals surface area contributed by atoms with Crippen LogP contribution in [0, 0.1) is 13.8 Å². The number of phosphoric acid groups is 2. The van der Waals surface area contributed by atoms with Crippen molar-refractivity contribution in [1.29, 1.82) is 0 Å². The minimum Gasteiger partial charge on any atom is -0.388 e. The molecule has 0 saturated carbocycles. The third-order valence-electron chi connectivity index (χ3n) is 8.40. The van der Waals surface area contributed by atoms with Crippen molar-refractivity contribution >= 4 is 43.7 Å². The monoisotopic (exact) mass is 785 g/mol. The predicted octanol–water partition coefficient (Wildman–Crippen LogP) is -2.42. The summed E-state index contributed by atoms with van der Waals surface area (Å²) in [5, 5.41) is 53.0. The lowest BCUT2D eigenvalue weighted by Gasteiger charge is -2.26. The summed E-state index contributed by atoms with van der Waals surface area (Å²) in [5.41, 5.74) is 6.11. The van der Waals surface area contributed by atoms with Crippen LogP contribution in [0.4, 0.5) is 5.82 Å². The molecule has 1 aromatic carbocycles. The number of anilines is 1. The van der Waals surface area contributed by atoms with Gasteiger partial charge in [-0.25, -0.2) is 33.9 Å². The summed E-state index contributed by atoms with van der Waals surface area (Å²) >= 11 is 0. The van der Waals surface area contributed by atoms with Gasteiger partial charge >= 0.3 is 21.3 Å². The SMILES string of the molecule is Cc1cc2nc3c(=O)[nH]c(=O)nc-3n(C[C@H](O)[C@H](O)[C@H](O)COP(=O)(O)OP(=O)(O)OC[C@@H]3O[C@H](n4cnc5c(N)ncnc54)[C@H](O)[C@@H]3O)c2cc1C. The number of aryl methyl sites for hydroxylation is 2. The number of imidazole rings is 1. The highest BCUT2D eigenvalue weighted by atomic mass is 31.3. The second kappa shape index (κ2) is 14.6. The van der Waals surface area contributed by atoms with Gasteiger partial charge in [-0.2, -0.15) is 9.29 Å². The minimum atomic E-state index is -5.54. The molecule has 2 aromatic heterocycles. The van der Waals surface area contributed by atoms with Gasteiger partial charge in [0.05, 0.1) is 37.1 Å². The number of H-pyrrole nitrogens is 1. The minimum absolute atomic E-state index is 0.0293. The average molecular weight is 786 g/mol. The number of benzene rings is 1. The van der Waals surface area contributed by atoms with E-state index in [1.807, 2.05) is 4.98 Å². The van der Waals surface area contributed by atoms with Crippen LogP contribution < -0.4 is 17.0 Å². The molecule has 3 aliphatic rings. The van der Waals surface area contributed by atoms with Gasteiger partial charge in [-0.3, -0.25) is 23.4 Å². The largest absolute Gasteiger partial charge is 0.481 e. The zero-order valence-electron chi connectivity index (χ0n) is 27.5. The number of aromatic amines is 1. The van der Waals surface area contributed by atoms with Crippen molar-refractivity contribution in [3.05, 3.63) is 56.8 Å². The quantitative estimate of drug-likeness (QED) is 0.0443. The average Bonchev–Trinajstić information content (AvgIpc) is 3.63.